The van der Waals surface area contributed by atoms with Crippen LogP contribution in [0.25, 0.3) is 5.69 Å². The fraction of sp³-hybridized carbons (Fsp3) is 0.0909. The van der Waals surface area contributed by atoms with Gasteiger partial charge in [0.05, 0.1) is 19.0 Å². The maximum absolute atomic E-state index is 12.7. The highest BCUT2D eigenvalue weighted by molar-refractivity contribution is 6.31. The molecule has 0 bridgehead atoms. The van der Waals surface area contributed by atoms with Gasteiger partial charge >= 0.3 is 0 Å². The molecule has 2 rings (SSSR count). The molecule has 0 saturated heterocycles. The first-order valence-corrected chi connectivity index (χ1v) is 5.09. The number of rotatable bonds is 2. The van der Waals surface area contributed by atoms with Crippen molar-refractivity contribution in [2.75, 3.05) is 7.11 Å². The minimum absolute atomic E-state index is 0.0631. The Labute approximate surface area is 101 Å². The number of halogens is 2. The van der Waals surface area contributed by atoms with Crippen LogP contribution < -0.4 is 10.3 Å². The van der Waals surface area contributed by atoms with E-state index in [0.717, 1.165) is 4.68 Å². The number of hydrogen-bond acceptors (Lipinski definition) is 3. The molecule has 0 aliphatic rings. The summed E-state index contributed by atoms with van der Waals surface area (Å²) in [6.07, 6.45) is 1.33. The normalized spacial score (nSPS) is 10.3. The van der Waals surface area contributed by atoms with Crippen LogP contribution >= 0.6 is 11.6 Å². The summed E-state index contributed by atoms with van der Waals surface area (Å²) in [5.41, 5.74) is -0.0847. The van der Waals surface area contributed by atoms with E-state index in [4.69, 9.17) is 16.3 Å². The second-order valence-electron chi connectivity index (χ2n) is 3.22. The summed E-state index contributed by atoms with van der Waals surface area (Å²) < 4.78 is 18.7. The van der Waals surface area contributed by atoms with Crippen molar-refractivity contribution in [1.82, 2.24) is 9.78 Å². The molecule has 0 radical (unpaired) electrons. The van der Waals surface area contributed by atoms with Crippen molar-refractivity contribution in [3.63, 3.8) is 0 Å². The van der Waals surface area contributed by atoms with Gasteiger partial charge < -0.3 is 4.74 Å². The maximum Gasteiger partial charge on any atom is 0.294 e. The molecule has 0 saturated carbocycles. The molecule has 2 aromatic rings. The maximum atomic E-state index is 12.7. The fourth-order valence-electron chi connectivity index (χ4n) is 1.33. The minimum atomic E-state index is -0.516. The summed E-state index contributed by atoms with van der Waals surface area (Å²) in [7, 11) is 1.39. The number of ether oxygens (including phenoxy) is 1. The molecule has 0 atom stereocenters. The number of aromatic nitrogens is 2. The first kappa shape index (κ1) is 11.6. The second-order valence-corrected chi connectivity index (χ2v) is 3.60. The van der Waals surface area contributed by atoms with Gasteiger partial charge in [0.2, 0.25) is 0 Å². The summed E-state index contributed by atoms with van der Waals surface area (Å²) in [5.74, 6) is -0.184. The third-order valence-corrected chi connectivity index (χ3v) is 2.53. The molecule has 0 fully saturated rings. The third kappa shape index (κ3) is 2.14. The van der Waals surface area contributed by atoms with Gasteiger partial charge in [-0.15, -0.1) is 0 Å². The van der Waals surface area contributed by atoms with Gasteiger partial charge in [-0.05, 0) is 24.3 Å². The Kier molecular flexibility index (Phi) is 3.10. The lowest BCUT2D eigenvalue weighted by Gasteiger charge is -2.06. The van der Waals surface area contributed by atoms with Crippen molar-refractivity contribution in [1.29, 1.82) is 0 Å². The molecule has 1 heterocycles. The lowest BCUT2D eigenvalue weighted by atomic mass is 10.3. The van der Waals surface area contributed by atoms with Crippen LogP contribution in [0.3, 0.4) is 0 Å². The first-order chi connectivity index (χ1) is 8.13. The summed E-state index contributed by atoms with van der Waals surface area (Å²) >= 11 is 5.81. The Morgan fingerprint density at radius 2 is 2.00 bits per heavy atom. The average molecular weight is 255 g/mol. The van der Waals surface area contributed by atoms with Crippen LogP contribution in [0, 0.1) is 5.82 Å². The zero-order valence-electron chi connectivity index (χ0n) is 8.85. The molecule has 0 spiro atoms. The van der Waals surface area contributed by atoms with E-state index in [0.29, 0.717) is 5.69 Å². The highest BCUT2D eigenvalue weighted by Gasteiger charge is 2.10. The number of methoxy groups -OCH3 is 1. The van der Waals surface area contributed by atoms with Gasteiger partial charge in [-0.1, -0.05) is 11.6 Å². The Hall–Kier alpha value is -1.88. The highest BCUT2D eigenvalue weighted by Crippen LogP contribution is 2.18. The van der Waals surface area contributed by atoms with Gasteiger partial charge in [-0.3, -0.25) is 4.79 Å². The van der Waals surface area contributed by atoms with Crippen molar-refractivity contribution in [3.8, 4) is 11.4 Å². The van der Waals surface area contributed by atoms with Gasteiger partial charge in [-0.25, -0.2) is 4.39 Å². The third-order valence-electron chi connectivity index (χ3n) is 2.18. The molecule has 6 heteroatoms. The quantitative estimate of drug-likeness (QED) is 0.824. The standard InChI is InChI=1S/C11H8ClFN2O2/c1-17-9-6-14-15(11(16)10(9)12)8-4-2-7(13)3-5-8/h2-6H,1H3. The molecule has 0 N–H and O–H groups in total. The van der Waals surface area contributed by atoms with E-state index >= 15 is 0 Å². The molecule has 0 amide bonds. The summed E-state index contributed by atoms with van der Waals surface area (Å²) in [6.45, 7) is 0. The SMILES string of the molecule is COc1cnn(-c2ccc(F)cc2)c(=O)c1Cl. The molecular weight excluding hydrogens is 247 g/mol. The number of benzene rings is 1. The van der Waals surface area contributed by atoms with Gasteiger partial charge in [0.1, 0.15) is 5.82 Å². The van der Waals surface area contributed by atoms with Crippen LogP contribution in [0.5, 0.6) is 5.75 Å². The van der Waals surface area contributed by atoms with Gasteiger partial charge in [0.25, 0.3) is 5.56 Å². The monoisotopic (exact) mass is 254 g/mol. The molecule has 4 nitrogen and oxygen atoms in total. The van der Waals surface area contributed by atoms with Gasteiger partial charge in [0.15, 0.2) is 10.8 Å². The molecule has 0 unspecified atom stereocenters. The van der Waals surface area contributed by atoms with E-state index in [2.05, 4.69) is 5.10 Å². The molecule has 88 valence electrons. The van der Waals surface area contributed by atoms with Crippen molar-refractivity contribution in [3.05, 3.63) is 51.7 Å². The predicted octanol–water partition coefficient (Wildman–Crippen LogP) is 2.03. The second kappa shape index (κ2) is 4.55. The Morgan fingerprint density at radius 3 is 2.59 bits per heavy atom. The molecule has 17 heavy (non-hydrogen) atoms. The molecule has 1 aromatic heterocycles. The Bertz CT molecular complexity index is 595. The van der Waals surface area contributed by atoms with Crippen molar-refractivity contribution >= 4 is 11.6 Å². The number of nitrogens with zero attached hydrogens (tertiary/aromatic N) is 2. The topological polar surface area (TPSA) is 44.1 Å². The van der Waals surface area contributed by atoms with Crippen LogP contribution in [0.2, 0.25) is 5.02 Å². The van der Waals surface area contributed by atoms with Crippen LogP contribution in [0.4, 0.5) is 4.39 Å². The highest BCUT2D eigenvalue weighted by atomic mass is 35.5. The van der Waals surface area contributed by atoms with Gasteiger partial charge in [0, 0.05) is 0 Å². The van der Waals surface area contributed by atoms with Crippen LogP contribution in [0.1, 0.15) is 0 Å². The van der Waals surface area contributed by atoms with Crippen LogP contribution in [-0.4, -0.2) is 16.9 Å². The largest absolute Gasteiger partial charge is 0.493 e. The van der Waals surface area contributed by atoms with Crippen LogP contribution in [-0.2, 0) is 0 Å². The van der Waals surface area contributed by atoms with E-state index in [1.807, 2.05) is 0 Å². The Morgan fingerprint density at radius 1 is 1.35 bits per heavy atom. The van der Waals surface area contributed by atoms with E-state index in [-0.39, 0.29) is 16.6 Å². The summed E-state index contributed by atoms with van der Waals surface area (Å²) in [5, 5.41) is 3.82. The molecule has 1 aromatic carbocycles. The van der Waals surface area contributed by atoms with Crippen molar-refractivity contribution < 1.29 is 9.13 Å². The smallest absolute Gasteiger partial charge is 0.294 e. The van der Waals surface area contributed by atoms with E-state index in [1.165, 1.54) is 37.6 Å². The predicted molar refractivity (Wildman–Crippen MR) is 61.4 cm³/mol. The summed E-state index contributed by atoms with van der Waals surface area (Å²) in [4.78, 5) is 11.8. The number of hydrogen-bond donors (Lipinski definition) is 0. The van der Waals surface area contributed by atoms with Crippen molar-refractivity contribution in [2.45, 2.75) is 0 Å². The zero-order chi connectivity index (χ0) is 12.4. The lowest BCUT2D eigenvalue weighted by molar-refractivity contribution is 0.409. The van der Waals surface area contributed by atoms with E-state index < -0.39 is 5.56 Å². The molecule has 0 aliphatic carbocycles. The minimum Gasteiger partial charge on any atom is -0.493 e. The van der Waals surface area contributed by atoms with Gasteiger partial charge in [-0.2, -0.15) is 9.78 Å². The summed E-state index contributed by atoms with van der Waals surface area (Å²) in [6, 6.07) is 5.35. The van der Waals surface area contributed by atoms with Crippen molar-refractivity contribution in [2.24, 2.45) is 0 Å². The fourth-order valence-corrected chi connectivity index (χ4v) is 1.53. The lowest BCUT2D eigenvalue weighted by Crippen LogP contribution is -2.21. The molecule has 0 aliphatic heterocycles. The molecular formula is C11H8ClFN2O2. The van der Waals surface area contributed by atoms with E-state index in [9.17, 15) is 9.18 Å². The Balaban J connectivity index is 2.57. The zero-order valence-corrected chi connectivity index (χ0v) is 9.61. The van der Waals surface area contributed by atoms with Crippen LogP contribution in [0.15, 0.2) is 35.3 Å². The average Bonchev–Trinajstić information content (AvgIpc) is 2.34. The first-order valence-electron chi connectivity index (χ1n) is 4.71. The van der Waals surface area contributed by atoms with E-state index in [1.54, 1.807) is 0 Å².